The van der Waals surface area contributed by atoms with E-state index < -0.39 is 11.7 Å². The lowest BCUT2D eigenvalue weighted by Gasteiger charge is -2.31. The number of rotatable bonds is 7. The molecule has 1 aliphatic carbocycles. The van der Waals surface area contributed by atoms with Gasteiger partial charge in [-0.25, -0.2) is 14.3 Å². The molecular weight excluding hydrogens is 488 g/mol. The molecule has 2 aromatic heterocycles. The third-order valence-electron chi connectivity index (χ3n) is 6.67. The summed E-state index contributed by atoms with van der Waals surface area (Å²) in [5.74, 6) is 0.647. The molecule has 38 heavy (non-hydrogen) atoms. The second-order valence-electron chi connectivity index (χ2n) is 11.0. The normalized spacial score (nSPS) is 17.9. The molecule has 1 fully saturated rings. The van der Waals surface area contributed by atoms with Gasteiger partial charge in [0.15, 0.2) is 11.4 Å². The van der Waals surface area contributed by atoms with Crippen LogP contribution >= 0.6 is 0 Å². The van der Waals surface area contributed by atoms with Crippen LogP contribution < -0.4 is 15.4 Å². The summed E-state index contributed by atoms with van der Waals surface area (Å²) in [5, 5.41) is 22.8. The van der Waals surface area contributed by atoms with Gasteiger partial charge in [0.25, 0.3) is 5.69 Å². The van der Waals surface area contributed by atoms with Crippen molar-refractivity contribution in [2.24, 2.45) is 0 Å². The van der Waals surface area contributed by atoms with Crippen LogP contribution in [0.4, 0.5) is 16.2 Å². The van der Waals surface area contributed by atoms with Crippen molar-refractivity contribution in [1.29, 1.82) is 0 Å². The Hall–Kier alpha value is -3.89. The minimum absolute atomic E-state index is 0.0102. The quantitative estimate of drug-likeness (QED) is 0.298. The van der Waals surface area contributed by atoms with E-state index in [2.05, 4.69) is 34.6 Å². The van der Waals surface area contributed by atoms with E-state index in [0.717, 1.165) is 42.4 Å². The number of benzene rings is 1. The lowest BCUT2D eigenvalue weighted by molar-refractivity contribution is -0.383. The molecule has 0 spiro atoms. The third kappa shape index (κ3) is 6.15. The maximum Gasteiger partial charge on any atom is 0.407 e. The van der Waals surface area contributed by atoms with E-state index in [1.54, 1.807) is 17.7 Å². The van der Waals surface area contributed by atoms with Crippen molar-refractivity contribution in [2.75, 3.05) is 12.4 Å². The van der Waals surface area contributed by atoms with Gasteiger partial charge in [-0.15, -0.1) is 0 Å². The molecule has 3 aromatic rings. The van der Waals surface area contributed by atoms with E-state index >= 15 is 0 Å². The summed E-state index contributed by atoms with van der Waals surface area (Å²) in [6.45, 7) is 9.63. The topological polar surface area (TPSA) is 133 Å². The summed E-state index contributed by atoms with van der Waals surface area (Å²) < 4.78 is 12.5. The van der Waals surface area contributed by atoms with Crippen molar-refractivity contribution in [2.45, 2.75) is 83.9 Å². The van der Waals surface area contributed by atoms with Gasteiger partial charge in [-0.05, 0) is 75.6 Å². The molecule has 2 heterocycles. The number of carbonyl (C=O) groups excluding carboxylic acids is 1. The number of methoxy groups -OCH3 is 1. The molecule has 4 rings (SSSR count). The number of alkyl carbamates (subject to hydrolysis) is 1. The second-order valence-corrected chi connectivity index (χ2v) is 11.0. The van der Waals surface area contributed by atoms with Crippen molar-refractivity contribution >= 4 is 23.1 Å². The van der Waals surface area contributed by atoms with Crippen molar-refractivity contribution in [3.63, 3.8) is 0 Å². The first-order chi connectivity index (χ1) is 17.9. The van der Waals surface area contributed by atoms with Crippen LogP contribution in [0, 0.1) is 10.1 Å². The molecule has 0 atom stereocenters. The molecule has 204 valence electrons. The number of anilines is 1. The fraction of sp³-hybridized carbons (Fsp3) is 0.519. The van der Waals surface area contributed by atoms with Crippen molar-refractivity contribution < 1.29 is 19.2 Å². The van der Waals surface area contributed by atoms with Crippen LogP contribution in [-0.4, -0.2) is 50.4 Å². The lowest BCUT2D eigenvalue weighted by atomic mass is 9.89. The number of nitro groups is 1. The highest BCUT2D eigenvalue weighted by Crippen LogP contribution is 2.40. The fourth-order valence-corrected chi connectivity index (χ4v) is 4.87. The minimum Gasteiger partial charge on any atom is -0.493 e. The molecule has 11 nitrogen and oxygen atoms in total. The Morgan fingerprint density at radius 2 is 1.84 bits per heavy atom. The Balaban J connectivity index is 1.57. The van der Waals surface area contributed by atoms with Crippen molar-refractivity contribution in [3.8, 4) is 16.9 Å². The van der Waals surface area contributed by atoms with Crippen LogP contribution in [0.1, 0.15) is 71.8 Å². The number of pyridine rings is 1. The van der Waals surface area contributed by atoms with Crippen molar-refractivity contribution in [3.05, 3.63) is 46.4 Å². The summed E-state index contributed by atoms with van der Waals surface area (Å²) in [6.07, 6.45) is 5.91. The Morgan fingerprint density at radius 1 is 1.16 bits per heavy atom. The van der Waals surface area contributed by atoms with E-state index in [9.17, 15) is 14.9 Å². The number of nitro benzene ring substituents is 1. The van der Waals surface area contributed by atoms with Gasteiger partial charge in [-0.1, -0.05) is 13.8 Å². The summed E-state index contributed by atoms with van der Waals surface area (Å²) >= 11 is 0. The van der Waals surface area contributed by atoms with Gasteiger partial charge >= 0.3 is 6.09 Å². The number of amides is 1. The smallest absolute Gasteiger partial charge is 0.407 e. The molecule has 1 saturated carbocycles. The number of ether oxygens (including phenoxy) is 2. The van der Waals surface area contributed by atoms with Gasteiger partial charge in [0.1, 0.15) is 17.6 Å². The molecule has 0 radical (unpaired) electrons. The van der Waals surface area contributed by atoms with Crippen LogP contribution in [0.25, 0.3) is 16.8 Å². The van der Waals surface area contributed by atoms with Gasteiger partial charge in [-0.2, -0.15) is 5.10 Å². The van der Waals surface area contributed by atoms with E-state index in [1.807, 2.05) is 39.1 Å². The Kier molecular flexibility index (Phi) is 7.75. The first-order valence-electron chi connectivity index (χ1n) is 12.9. The summed E-state index contributed by atoms with van der Waals surface area (Å²) in [6, 6.07) is 5.43. The minimum atomic E-state index is -0.547. The molecule has 0 bridgehead atoms. The molecule has 2 N–H and O–H groups in total. The lowest BCUT2D eigenvalue weighted by Crippen LogP contribution is -2.42. The van der Waals surface area contributed by atoms with Crippen LogP contribution in [0.15, 0.2) is 30.7 Å². The van der Waals surface area contributed by atoms with Gasteiger partial charge in [0, 0.05) is 29.9 Å². The maximum atomic E-state index is 12.2. The molecular formula is C27H36N6O5. The predicted octanol–water partition coefficient (Wildman–Crippen LogP) is 5.68. The number of hydrogen-bond donors (Lipinski definition) is 2. The molecule has 1 amide bonds. The number of carbonyl (C=O) groups is 1. The summed E-state index contributed by atoms with van der Waals surface area (Å²) in [7, 11) is 1.56. The number of nitrogens with zero attached hydrogens (tertiary/aromatic N) is 4. The van der Waals surface area contributed by atoms with Crippen LogP contribution in [0.2, 0.25) is 0 Å². The highest BCUT2D eigenvalue weighted by Gasteiger charge is 2.28. The van der Waals surface area contributed by atoms with E-state index in [4.69, 9.17) is 9.47 Å². The van der Waals surface area contributed by atoms with E-state index in [0.29, 0.717) is 17.1 Å². The van der Waals surface area contributed by atoms with Gasteiger partial charge in [0.05, 0.1) is 12.0 Å². The van der Waals surface area contributed by atoms with Gasteiger partial charge < -0.3 is 20.1 Å². The van der Waals surface area contributed by atoms with Crippen LogP contribution in [-0.2, 0) is 4.74 Å². The molecule has 0 saturated heterocycles. The van der Waals surface area contributed by atoms with E-state index in [1.165, 1.54) is 6.33 Å². The predicted molar refractivity (Wildman–Crippen MR) is 145 cm³/mol. The number of hydrogen-bond acceptors (Lipinski definition) is 8. The zero-order chi connectivity index (χ0) is 27.6. The zero-order valence-corrected chi connectivity index (χ0v) is 22.8. The largest absolute Gasteiger partial charge is 0.493 e. The second kappa shape index (κ2) is 10.8. The molecule has 1 aliphatic rings. The van der Waals surface area contributed by atoms with Crippen LogP contribution in [0.3, 0.4) is 0 Å². The molecule has 0 aliphatic heterocycles. The third-order valence-corrected chi connectivity index (χ3v) is 6.67. The van der Waals surface area contributed by atoms with Gasteiger partial charge in [0.2, 0.25) is 0 Å². The fourth-order valence-electron chi connectivity index (χ4n) is 4.87. The Morgan fingerprint density at radius 3 is 2.45 bits per heavy atom. The number of fused-ring (bicyclic) bond motifs is 1. The van der Waals surface area contributed by atoms with Crippen molar-refractivity contribution in [1.82, 2.24) is 19.9 Å². The first kappa shape index (κ1) is 27.2. The van der Waals surface area contributed by atoms with Gasteiger partial charge in [-0.3, -0.25) is 10.1 Å². The molecule has 11 heteroatoms. The monoisotopic (exact) mass is 524 g/mol. The van der Waals surface area contributed by atoms with Crippen LogP contribution in [0.5, 0.6) is 5.75 Å². The Labute approximate surface area is 222 Å². The molecule has 1 aromatic carbocycles. The highest BCUT2D eigenvalue weighted by molar-refractivity contribution is 5.79. The first-order valence-corrected chi connectivity index (χ1v) is 12.9. The number of aromatic nitrogens is 3. The molecule has 0 unspecified atom stereocenters. The Bertz CT molecular complexity index is 1320. The zero-order valence-electron chi connectivity index (χ0n) is 22.8. The summed E-state index contributed by atoms with van der Waals surface area (Å²) in [4.78, 5) is 28.2. The average Bonchev–Trinajstić information content (AvgIpc) is 3.32. The SMILES string of the molecule is COc1cc(-c2cc([N+](=O)[O-])c(NC3CCC(NC(=O)OC(C)(C)C)CC3)cc2C(C)C)cn2ncnc12. The number of nitrogens with one attached hydrogen (secondary N) is 2. The van der Waals surface area contributed by atoms with E-state index in [-0.39, 0.29) is 28.6 Å². The average molecular weight is 525 g/mol. The maximum absolute atomic E-state index is 12.2. The highest BCUT2D eigenvalue weighted by atomic mass is 16.6. The summed E-state index contributed by atoms with van der Waals surface area (Å²) in [5.41, 5.74) is 3.02. The standard InChI is InChI=1S/C27H36N6O5/c1-16(2)20-12-22(30-18-7-9-19(10-8-18)31-26(34)38-27(3,4)5)23(33(35)36)13-21(20)17-11-24(37-6)25-28-15-29-32(25)14-17/h11-16,18-19,30H,7-10H2,1-6H3,(H,31,34).